The Morgan fingerprint density at radius 3 is 1.04 bits per heavy atom. The molecule has 4 nitrogen and oxygen atoms in total. The second kappa shape index (κ2) is 19.1. The molecular weight excluding hydrogens is 1090 g/mol. The molecule has 0 aliphatic carbocycles. The van der Waals surface area contributed by atoms with Gasteiger partial charge >= 0.3 is 17.1 Å². The van der Waals surface area contributed by atoms with Crippen LogP contribution in [0.1, 0.15) is 28.3 Å². The van der Waals surface area contributed by atoms with E-state index in [4.69, 9.17) is 0 Å². The molecule has 0 fully saturated rings. The number of rotatable bonds is 4. The molecule has 0 unspecified atom stereocenters. The Hall–Kier alpha value is -6.82. The number of benzene rings is 4. The summed E-state index contributed by atoms with van der Waals surface area (Å²) >= 11 is 0. The molecule has 2 aliphatic rings. The molecule has 0 spiro atoms. The average Bonchev–Trinajstić information content (AvgIpc) is 4.13. The minimum Gasteiger partial charge on any atom is -1.00 e. The summed E-state index contributed by atoms with van der Waals surface area (Å²) in [6, 6.07) is 5.11. The summed E-state index contributed by atoms with van der Waals surface area (Å²) in [6.45, 7) is 0. The van der Waals surface area contributed by atoms with Crippen LogP contribution < -0.4 is 24.8 Å². The number of fused-ring (bicyclic) bond motifs is 8. The molecule has 7 aromatic rings. The van der Waals surface area contributed by atoms with Gasteiger partial charge in [0.15, 0.2) is 93.1 Å². The zero-order valence-electron chi connectivity index (χ0n) is 33.2. The van der Waals surface area contributed by atoms with Crippen molar-refractivity contribution in [3.8, 4) is 33.4 Å². The number of hydrogen-bond donors (Lipinski definition) is 2. The van der Waals surface area contributed by atoms with Crippen molar-refractivity contribution in [2.24, 2.45) is 0 Å². The summed E-state index contributed by atoms with van der Waals surface area (Å²) < 4.78 is 310. The average molecular weight is 1100 g/mol. The molecule has 8 bridgehead atoms. The fraction of sp³-hybridized carbons (Fsp3) is 0. The summed E-state index contributed by atoms with van der Waals surface area (Å²) in [4.78, 5) is 12.7. The smallest absolute Gasteiger partial charge is 1.00 e. The molecule has 0 atom stereocenters. The van der Waals surface area contributed by atoms with Crippen LogP contribution in [0.15, 0.2) is 30.3 Å². The number of halogens is 22. The fourth-order valence-electron chi connectivity index (χ4n) is 7.51. The second-order valence-corrected chi connectivity index (χ2v) is 14.4. The molecule has 0 amide bonds. The van der Waals surface area contributed by atoms with Gasteiger partial charge in [0, 0.05) is 38.8 Å². The zero-order chi connectivity index (χ0) is 49.3. The van der Waals surface area contributed by atoms with E-state index < -0.39 is 189 Å². The van der Waals surface area contributed by atoms with Crippen LogP contribution in [0.2, 0.25) is 0 Å². The third kappa shape index (κ3) is 8.07. The summed E-state index contributed by atoms with van der Waals surface area (Å²) in [5.41, 5.74) is -24.0. The molecule has 367 valence electrons. The third-order valence-electron chi connectivity index (χ3n) is 10.5. The maximum atomic E-state index is 16.4. The van der Waals surface area contributed by atoms with Gasteiger partial charge in [0.05, 0.1) is 50.5 Å². The maximum absolute atomic E-state index is 16.4. The Bertz CT molecular complexity index is 3610. The number of nitrogens with one attached hydrogen (secondary N) is 2. The quantitative estimate of drug-likeness (QED) is 0.0818. The van der Waals surface area contributed by atoms with Crippen molar-refractivity contribution in [3.63, 3.8) is 0 Å². The molecule has 0 saturated heterocycles. The Kier molecular flexibility index (Phi) is 14.4. The van der Waals surface area contributed by atoms with E-state index in [2.05, 4.69) is 15.0 Å². The van der Waals surface area contributed by atoms with Gasteiger partial charge in [-0.1, -0.05) is 0 Å². The van der Waals surface area contributed by atoms with E-state index in [1.54, 1.807) is 0 Å². The summed E-state index contributed by atoms with van der Waals surface area (Å²) in [5, 5.41) is 0. The number of aromatic nitrogens is 4. The van der Waals surface area contributed by atoms with Crippen LogP contribution in [0.5, 0.6) is 0 Å². The van der Waals surface area contributed by atoms with E-state index in [-0.39, 0.29) is 58.6 Å². The van der Waals surface area contributed by atoms with Crippen molar-refractivity contribution in [2.75, 3.05) is 0 Å². The van der Waals surface area contributed by atoms with Gasteiger partial charge in [0.2, 0.25) is 23.3 Å². The predicted molar refractivity (Wildman–Crippen MR) is 199 cm³/mol. The second-order valence-electron chi connectivity index (χ2n) is 14.4. The Balaban J connectivity index is 0.00000275. The first-order chi connectivity index (χ1) is 32.0. The minimum absolute atomic E-state index is 0. The Labute approximate surface area is 402 Å². The van der Waals surface area contributed by atoms with Crippen LogP contribution >= 0.6 is 0 Å². The van der Waals surface area contributed by atoms with Gasteiger partial charge in [0.1, 0.15) is 0 Å². The van der Waals surface area contributed by atoms with Crippen molar-refractivity contribution in [1.29, 1.82) is 0 Å². The Morgan fingerprint density at radius 1 is 0.310 bits per heavy atom. The van der Waals surface area contributed by atoms with E-state index in [0.717, 1.165) is 12.1 Å². The number of aromatic amines is 2. The summed E-state index contributed by atoms with van der Waals surface area (Å²) in [6.07, 6.45) is 2.52. The largest absolute Gasteiger partial charge is 2.00 e. The summed E-state index contributed by atoms with van der Waals surface area (Å²) in [5.74, 6) is -58.8. The van der Waals surface area contributed by atoms with Crippen LogP contribution in [0, 0.1) is 116 Å². The molecule has 3 aromatic heterocycles. The molecule has 0 saturated carbocycles. The number of hydrogen-bond acceptors (Lipinski definition) is 2. The molecule has 2 aliphatic heterocycles. The van der Waals surface area contributed by atoms with Crippen LogP contribution in [0.4, 0.5) is 87.8 Å². The SMILES string of the molecule is Fc1c(F)c(F)c(C2=Cc3cc4ccc(cc5nc(cc6[nH]c(c(-c7c(F)c(F)c(F)c(F)c7F)c2n3)c(-c2c(F)c(F)c(F)c(F)c2F)c6-c2c(F)c(F)c(F)c(F)c2F)C=C5)[nH]4)c(F)c1F.[Cl-].[Cl-].[Mn+2]. The van der Waals surface area contributed by atoms with Crippen LogP contribution in [-0.4, -0.2) is 19.9 Å². The van der Waals surface area contributed by atoms with Crippen LogP contribution in [0.25, 0.3) is 79.2 Å². The van der Waals surface area contributed by atoms with Crippen molar-refractivity contribution >= 4 is 45.9 Å². The van der Waals surface area contributed by atoms with Crippen molar-refractivity contribution in [2.45, 2.75) is 0 Å². The van der Waals surface area contributed by atoms with Gasteiger partial charge in [-0.3, -0.25) is 0 Å². The number of nitrogens with zero attached hydrogens (tertiary/aromatic N) is 2. The van der Waals surface area contributed by atoms with Crippen LogP contribution in [-0.2, 0) is 17.1 Å². The first kappa shape index (κ1) is 53.5. The number of H-pyrrole nitrogens is 2. The first-order valence-electron chi connectivity index (χ1n) is 18.3. The normalized spacial score (nSPS) is 11.9. The van der Waals surface area contributed by atoms with E-state index in [1.165, 1.54) is 24.3 Å². The van der Waals surface area contributed by atoms with Crippen molar-refractivity contribution in [1.82, 2.24) is 19.9 Å². The van der Waals surface area contributed by atoms with E-state index >= 15 is 61.5 Å². The predicted octanol–water partition coefficient (Wildman–Crippen LogP) is 7.86. The minimum atomic E-state index is -3.05. The molecule has 1 radical (unpaired) electrons. The van der Waals surface area contributed by atoms with E-state index in [1.807, 2.05) is 4.98 Å². The molecule has 71 heavy (non-hydrogen) atoms. The first-order valence-corrected chi connectivity index (χ1v) is 18.3. The van der Waals surface area contributed by atoms with Gasteiger partial charge in [-0.15, -0.1) is 0 Å². The van der Waals surface area contributed by atoms with Crippen molar-refractivity contribution in [3.05, 3.63) is 175 Å². The molecule has 27 heteroatoms. The summed E-state index contributed by atoms with van der Waals surface area (Å²) in [7, 11) is 0. The third-order valence-corrected chi connectivity index (χ3v) is 10.5. The Morgan fingerprint density at radius 2 is 0.634 bits per heavy atom. The zero-order valence-corrected chi connectivity index (χ0v) is 35.9. The van der Waals surface area contributed by atoms with Gasteiger partial charge in [0.25, 0.3) is 0 Å². The van der Waals surface area contributed by atoms with Gasteiger partial charge in [-0.05, 0) is 48.6 Å². The van der Waals surface area contributed by atoms with E-state index in [9.17, 15) is 26.3 Å². The van der Waals surface area contributed by atoms with Gasteiger partial charge in [-0.2, -0.15) is 0 Å². The molecule has 9 rings (SSSR count). The molecular formula is C44H10Cl2F20MnN4. The maximum Gasteiger partial charge on any atom is 2.00 e. The molecule has 5 heterocycles. The standard InChI is InChI=1S/C44H10F20N4.2ClH.Mn/c45-23-16(24(46)32(54)39(61)31(23)53)14-7-13-6-11-2-1-9(65-11)5-10-3-4-12(66-10)8-15-17(19-25(47)33(55)40(62)34(56)26(19)48)18(20-27(49)35(57)41(63)36(58)28(20)50)44(68-15)22(43(14)67-13)21-29(51)37(59)42(64)38(60)30(21)52;;;/h1-8,65,68H;2*1H;/q;;;+2/p-2. The molecule has 4 aromatic carbocycles. The molecule has 2 N–H and O–H groups in total. The van der Waals surface area contributed by atoms with E-state index in [0.29, 0.717) is 12.1 Å². The fourth-order valence-corrected chi connectivity index (χ4v) is 7.51. The monoisotopic (exact) mass is 1100 g/mol. The van der Waals surface area contributed by atoms with Crippen molar-refractivity contribution < 1.29 is 130 Å². The topological polar surface area (TPSA) is 57.4 Å². The van der Waals surface area contributed by atoms with Gasteiger partial charge < -0.3 is 34.8 Å². The van der Waals surface area contributed by atoms with Gasteiger partial charge in [-0.25, -0.2) is 97.8 Å². The van der Waals surface area contributed by atoms with Crippen LogP contribution in [0.3, 0.4) is 0 Å².